The van der Waals surface area contributed by atoms with E-state index < -0.39 is 0 Å². The van der Waals surface area contributed by atoms with Crippen molar-refractivity contribution in [2.75, 3.05) is 18.4 Å². The molecule has 128 valence electrons. The Kier molecular flexibility index (Phi) is 4.80. The first-order valence-corrected chi connectivity index (χ1v) is 9.21. The molecule has 5 heteroatoms. The van der Waals surface area contributed by atoms with Gasteiger partial charge in [0.2, 0.25) is 0 Å². The fourth-order valence-electron chi connectivity index (χ4n) is 3.47. The molecule has 1 unspecified atom stereocenters. The standard InChI is InChI=1S/C20H19Cl2N3/c21-18-4-2-5-19(22)17(18)13-25-10-8-15(12-25)24-20-6-1-3-14-11-23-9-7-16(14)20/h1-7,9,11,15,24H,8,10,12-13H2. The third-order valence-electron chi connectivity index (χ3n) is 4.76. The molecule has 3 nitrogen and oxygen atoms in total. The van der Waals surface area contributed by atoms with Crippen LogP contribution in [0.15, 0.2) is 54.9 Å². The zero-order valence-corrected chi connectivity index (χ0v) is 15.3. The Morgan fingerprint density at radius 2 is 1.88 bits per heavy atom. The average Bonchev–Trinajstić information content (AvgIpc) is 3.06. The van der Waals surface area contributed by atoms with Crippen molar-refractivity contribution >= 4 is 39.7 Å². The number of fused-ring (bicyclic) bond motifs is 1. The molecule has 1 N–H and O–H groups in total. The summed E-state index contributed by atoms with van der Waals surface area (Å²) in [6, 6.07) is 14.5. The minimum Gasteiger partial charge on any atom is -0.380 e. The molecule has 1 fully saturated rings. The number of hydrogen-bond acceptors (Lipinski definition) is 3. The first-order chi connectivity index (χ1) is 12.2. The molecular weight excluding hydrogens is 353 g/mol. The number of halogens is 2. The highest BCUT2D eigenvalue weighted by atomic mass is 35.5. The van der Waals surface area contributed by atoms with Crippen LogP contribution in [0, 0.1) is 0 Å². The molecule has 3 aromatic rings. The molecule has 25 heavy (non-hydrogen) atoms. The maximum atomic E-state index is 6.31. The Hall–Kier alpha value is -1.81. The summed E-state index contributed by atoms with van der Waals surface area (Å²) >= 11 is 12.6. The number of rotatable bonds is 4. The highest BCUT2D eigenvalue weighted by Gasteiger charge is 2.24. The minimum atomic E-state index is 0.417. The maximum absolute atomic E-state index is 6.31. The van der Waals surface area contributed by atoms with Crippen molar-refractivity contribution in [1.29, 1.82) is 0 Å². The summed E-state index contributed by atoms with van der Waals surface area (Å²) in [7, 11) is 0. The van der Waals surface area contributed by atoms with Gasteiger partial charge < -0.3 is 5.32 Å². The third-order valence-corrected chi connectivity index (χ3v) is 5.46. The molecule has 1 aliphatic rings. The summed E-state index contributed by atoms with van der Waals surface area (Å²) in [5.41, 5.74) is 2.19. The Labute approximate surface area is 157 Å². The number of pyridine rings is 1. The molecule has 2 heterocycles. The molecule has 1 saturated heterocycles. The predicted molar refractivity (Wildman–Crippen MR) is 106 cm³/mol. The second-order valence-electron chi connectivity index (χ2n) is 6.47. The molecule has 0 saturated carbocycles. The lowest BCUT2D eigenvalue weighted by Gasteiger charge is -2.19. The van der Waals surface area contributed by atoms with Gasteiger partial charge in [0.25, 0.3) is 0 Å². The van der Waals surface area contributed by atoms with Crippen molar-refractivity contribution < 1.29 is 0 Å². The zero-order valence-electron chi connectivity index (χ0n) is 13.8. The van der Waals surface area contributed by atoms with E-state index in [0.717, 1.165) is 47.1 Å². The lowest BCUT2D eigenvalue weighted by Crippen LogP contribution is -2.26. The highest BCUT2D eigenvalue weighted by Crippen LogP contribution is 2.28. The van der Waals surface area contributed by atoms with Crippen LogP contribution in [0.1, 0.15) is 12.0 Å². The number of aromatic nitrogens is 1. The van der Waals surface area contributed by atoms with E-state index in [1.807, 2.05) is 30.6 Å². The van der Waals surface area contributed by atoms with Gasteiger partial charge in [0, 0.05) is 70.1 Å². The van der Waals surface area contributed by atoms with Crippen LogP contribution in [0.25, 0.3) is 10.8 Å². The van der Waals surface area contributed by atoms with E-state index in [1.165, 1.54) is 11.1 Å². The molecule has 0 amide bonds. The van der Waals surface area contributed by atoms with Crippen LogP contribution in [0.5, 0.6) is 0 Å². The normalized spacial score (nSPS) is 17.9. The van der Waals surface area contributed by atoms with Crippen molar-refractivity contribution in [1.82, 2.24) is 9.88 Å². The molecule has 0 aliphatic carbocycles. The van der Waals surface area contributed by atoms with Gasteiger partial charge in [-0.15, -0.1) is 0 Å². The van der Waals surface area contributed by atoms with Crippen LogP contribution in [0.2, 0.25) is 10.0 Å². The summed E-state index contributed by atoms with van der Waals surface area (Å²) in [6.07, 6.45) is 4.85. The summed E-state index contributed by atoms with van der Waals surface area (Å²) in [4.78, 5) is 6.60. The molecule has 2 aromatic carbocycles. The van der Waals surface area contributed by atoms with E-state index in [4.69, 9.17) is 23.2 Å². The van der Waals surface area contributed by atoms with Crippen molar-refractivity contribution in [3.63, 3.8) is 0 Å². The topological polar surface area (TPSA) is 28.2 Å². The van der Waals surface area contributed by atoms with Crippen LogP contribution in [0.3, 0.4) is 0 Å². The average molecular weight is 372 g/mol. The maximum Gasteiger partial charge on any atom is 0.0465 e. The van der Waals surface area contributed by atoms with Crippen molar-refractivity contribution in [2.24, 2.45) is 0 Å². The Morgan fingerprint density at radius 1 is 1.08 bits per heavy atom. The molecule has 1 aromatic heterocycles. The van der Waals surface area contributed by atoms with Gasteiger partial charge in [-0.2, -0.15) is 0 Å². The quantitative estimate of drug-likeness (QED) is 0.680. The molecule has 0 bridgehead atoms. The van der Waals surface area contributed by atoms with Gasteiger partial charge in [0.05, 0.1) is 0 Å². The summed E-state index contributed by atoms with van der Waals surface area (Å²) in [5, 5.41) is 7.55. The second kappa shape index (κ2) is 7.20. The number of nitrogens with one attached hydrogen (secondary N) is 1. The molecule has 0 radical (unpaired) electrons. The van der Waals surface area contributed by atoms with Gasteiger partial charge in [-0.1, -0.05) is 41.4 Å². The van der Waals surface area contributed by atoms with E-state index in [-0.39, 0.29) is 0 Å². The van der Waals surface area contributed by atoms with Gasteiger partial charge in [-0.05, 0) is 30.7 Å². The van der Waals surface area contributed by atoms with E-state index in [9.17, 15) is 0 Å². The fourth-order valence-corrected chi connectivity index (χ4v) is 3.99. The Balaban J connectivity index is 1.46. The van der Waals surface area contributed by atoms with Gasteiger partial charge in [0.15, 0.2) is 0 Å². The van der Waals surface area contributed by atoms with Crippen molar-refractivity contribution in [3.8, 4) is 0 Å². The lowest BCUT2D eigenvalue weighted by molar-refractivity contribution is 0.329. The molecule has 0 spiro atoms. The predicted octanol–water partition coefficient (Wildman–Crippen LogP) is 5.23. The number of likely N-dealkylation sites (tertiary alicyclic amines) is 1. The van der Waals surface area contributed by atoms with Crippen LogP contribution in [0.4, 0.5) is 5.69 Å². The smallest absolute Gasteiger partial charge is 0.0465 e. The second-order valence-corrected chi connectivity index (χ2v) is 7.28. The van der Waals surface area contributed by atoms with E-state index in [1.54, 1.807) is 0 Å². The number of nitrogens with zero attached hydrogens (tertiary/aromatic N) is 2. The monoisotopic (exact) mass is 371 g/mol. The summed E-state index contributed by atoms with van der Waals surface area (Å²) in [6.45, 7) is 2.80. The molecule has 1 aliphatic heterocycles. The van der Waals surface area contributed by atoms with Crippen LogP contribution >= 0.6 is 23.2 Å². The number of hydrogen-bond donors (Lipinski definition) is 1. The third kappa shape index (κ3) is 3.59. The van der Waals surface area contributed by atoms with Gasteiger partial charge >= 0.3 is 0 Å². The van der Waals surface area contributed by atoms with E-state index in [0.29, 0.717) is 6.04 Å². The van der Waals surface area contributed by atoms with Crippen molar-refractivity contribution in [2.45, 2.75) is 19.0 Å². The minimum absolute atomic E-state index is 0.417. The van der Waals surface area contributed by atoms with Crippen LogP contribution < -0.4 is 5.32 Å². The number of benzene rings is 2. The summed E-state index contributed by atoms with van der Waals surface area (Å²) < 4.78 is 0. The Bertz CT molecular complexity index is 871. The molecule has 4 rings (SSSR count). The van der Waals surface area contributed by atoms with Gasteiger partial charge in [-0.3, -0.25) is 9.88 Å². The van der Waals surface area contributed by atoms with Gasteiger partial charge in [0.1, 0.15) is 0 Å². The lowest BCUT2D eigenvalue weighted by atomic mass is 10.1. The SMILES string of the molecule is Clc1cccc(Cl)c1CN1CCC(Nc2cccc3cnccc23)C1. The first-order valence-electron chi connectivity index (χ1n) is 8.45. The van der Waals surface area contributed by atoms with Crippen LogP contribution in [-0.4, -0.2) is 29.0 Å². The van der Waals surface area contributed by atoms with Gasteiger partial charge in [-0.25, -0.2) is 0 Å². The van der Waals surface area contributed by atoms with E-state index >= 15 is 0 Å². The Morgan fingerprint density at radius 3 is 2.72 bits per heavy atom. The molecular formula is C20H19Cl2N3. The van der Waals surface area contributed by atoms with Crippen LogP contribution in [-0.2, 0) is 6.54 Å². The first kappa shape index (κ1) is 16.6. The largest absolute Gasteiger partial charge is 0.380 e. The number of anilines is 1. The summed E-state index contributed by atoms with van der Waals surface area (Å²) in [5.74, 6) is 0. The van der Waals surface area contributed by atoms with Crippen molar-refractivity contribution in [3.05, 3.63) is 70.5 Å². The fraction of sp³-hybridized carbons (Fsp3) is 0.250. The zero-order chi connectivity index (χ0) is 17.2. The van der Waals surface area contributed by atoms with E-state index in [2.05, 4.69) is 39.5 Å². The molecule has 1 atom stereocenters. The highest BCUT2D eigenvalue weighted by molar-refractivity contribution is 6.35.